The SMILES string of the molecule is O=C(O)Cc1ccc(C2CCCN2)cc1. The molecule has 80 valence electrons. The molecule has 0 spiro atoms. The van der Waals surface area contributed by atoms with Crippen LogP contribution in [0.4, 0.5) is 0 Å². The summed E-state index contributed by atoms with van der Waals surface area (Å²) in [5, 5.41) is 12.1. The van der Waals surface area contributed by atoms with E-state index in [0.717, 1.165) is 12.1 Å². The lowest BCUT2D eigenvalue weighted by atomic mass is 10.0. The Balaban J connectivity index is 2.06. The molecule has 1 aromatic rings. The average Bonchev–Trinajstić information content (AvgIpc) is 2.71. The molecular formula is C12H15NO2. The molecule has 1 unspecified atom stereocenters. The highest BCUT2D eigenvalue weighted by atomic mass is 16.4. The van der Waals surface area contributed by atoms with Gasteiger partial charge in [0, 0.05) is 6.04 Å². The summed E-state index contributed by atoms with van der Waals surface area (Å²) in [5.74, 6) is -0.776. The van der Waals surface area contributed by atoms with Gasteiger partial charge in [-0.05, 0) is 30.5 Å². The third kappa shape index (κ3) is 2.57. The van der Waals surface area contributed by atoms with Crippen LogP contribution in [0.5, 0.6) is 0 Å². The first-order valence-corrected chi connectivity index (χ1v) is 5.30. The van der Waals surface area contributed by atoms with Crippen molar-refractivity contribution < 1.29 is 9.90 Å². The van der Waals surface area contributed by atoms with Gasteiger partial charge in [0.2, 0.25) is 0 Å². The number of nitrogens with one attached hydrogen (secondary N) is 1. The molecule has 0 aromatic heterocycles. The van der Waals surface area contributed by atoms with Gasteiger partial charge in [-0.25, -0.2) is 0 Å². The third-order valence-corrected chi connectivity index (χ3v) is 2.80. The van der Waals surface area contributed by atoms with Gasteiger partial charge in [-0.2, -0.15) is 0 Å². The number of hydrogen-bond donors (Lipinski definition) is 2. The van der Waals surface area contributed by atoms with Gasteiger partial charge in [0.05, 0.1) is 6.42 Å². The van der Waals surface area contributed by atoms with Crippen LogP contribution in [-0.2, 0) is 11.2 Å². The van der Waals surface area contributed by atoms with Crippen molar-refractivity contribution in [3.8, 4) is 0 Å². The molecule has 0 radical (unpaired) electrons. The largest absolute Gasteiger partial charge is 0.481 e. The van der Waals surface area contributed by atoms with Crippen molar-refractivity contribution in [2.75, 3.05) is 6.54 Å². The summed E-state index contributed by atoms with van der Waals surface area (Å²) in [5.41, 5.74) is 2.13. The van der Waals surface area contributed by atoms with Crippen molar-refractivity contribution >= 4 is 5.97 Å². The maximum Gasteiger partial charge on any atom is 0.307 e. The molecule has 1 saturated heterocycles. The summed E-state index contributed by atoms with van der Waals surface area (Å²) in [4.78, 5) is 10.5. The molecule has 1 aliphatic rings. The van der Waals surface area contributed by atoms with E-state index >= 15 is 0 Å². The molecular weight excluding hydrogens is 190 g/mol. The molecule has 1 aliphatic heterocycles. The lowest BCUT2D eigenvalue weighted by molar-refractivity contribution is -0.136. The van der Waals surface area contributed by atoms with E-state index in [-0.39, 0.29) is 6.42 Å². The van der Waals surface area contributed by atoms with Crippen LogP contribution in [0.2, 0.25) is 0 Å². The molecule has 1 atom stereocenters. The molecule has 3 nitrogen and oxygen atoms in total. The van der Waals surface area contributed by atoms with Gasteiger partial charge in [-0.1, -0.05) is 24.3 Å². The number of carbonyl (C=O) groups is 1. The highest BCUT2D eigenvalue weighted by molar-refractivity contribution is 5.70. The normalized spacial score (nSPS) is 20.4. The Bertz CT molecular complexity index is 339. The van der Waals surface area contributed by atoms with Crippen molar-refractivity contribution in [1.29, 1.82) is 0 Å². The van der Waals surface area contributed by atoms with Crippen LogP contribution in [0, 0.1) is 0 Å². The van der Waals surface area contributed by atoms with Gasteiger partial charge in [0.15, 0.2) is 0 Å². The van der Waals surface area contributed by atoms with E-state index in [2.05, 4.69) is 5.32 Å². The highest BCUT2D eigenvalue weighted by Gasteiger charge is 2.15. The summed E-state index contributed by atoms with van der Waals surface area (Å²) in [6.45, 7) is 1.08. The summed E-state index contributed by atoms with van der Waals surface area (Å²) in [7, 11) is 0. The Hall–Kier alpha value is -1.35. The Morgan fingerprint density at radius 2 is 2.13 bits per heavy atom. The molecule has 2 N–H and O–H groups in total. The Kier molecular flexibility index (Phi) is 3.02. The maximum absolute atomic E-state index is 10.5. The minimum absolute atomic E-state index is 0.109. The van der Waals surface area contributed by atoms with Crippen LogP contribution in [0.25, 0.3) is 0 Å². The minimum atomic E-state index is -0.776. The fourth-order valence-electron chi connectivity index (χ4n) is 2.01. The van der Waals surface area contributed by atoms with Gasteiger partial charge in [0.25, 0.3) is 0 Å². The number of carboxylic acids is 1. The second kappa shape index (κ2) is 4.45. The number of rotatable bonds is 3. The van der Waals surface area contributed by atoms with Gasteiger partial charge in [0.1, 0.15) is 0 Å². The van der Waals surface area contributed by atoms with E-state index in [0.29, 0.717) is 6.04 Å². The Morgan fingerprint density at radius 1 is 1.40 bits per heavy atom. The van der Waals surface area contributed by atoms with E-state index in [1.807, 2.05) is 24.3 Å². The zero-order valence-electron chi connectivity index (χ0n) is 8.57. The summed E-state index contributed by atoms with van der Waals surface area (Å²) in [6.07, 6.45) is 2.51. The maximum atomic E-state index is 10.5. The highest BCUT2D eigenvalue weighted by Crippen LogP contribution is 2.23. The van der Waals surface area contributed by atoms with Crippen molar-refractivity contribution in [2.24, 2.45) is 0 Å². The van der Waals surface area contributed by atoms with Crippen LogP contribution >= 0.6 is 0 Å². The van der Waals surface area contributed by atoms with E-state index in [1.165, 1.54) is 18.4 Å². The fraction of sp³-hybridized carbons (Fsp3) is 0.417. The van der Waals surface area contributed by atoms with Crippen molar-refractivity contribution in [3.63, 3.8) is 0 Å². The standard InChI is InChI=1S/C12H15NO2/c14-12(15)8-9-3-5-10(6-4-9)11-2-1-7-13-11/h3-6,11,13H,1-2,7-8H2,(H,14,15). The molecule has 15 heavy (non-hydrogen) atoms. The molecule has 0 amide bonds. The van der Waals surface area contributed by atoms with Crippen LogP contribution in [0.1, 0.15) is 30.0 Å². The van der Waals surface area contributed by atoms with Crippen LogP contribution in [0.3, 0.4) is 0 Å². The molecule has 2 rings (SSSR count). The quantitative estimate of drug-likeness (QED) is 0.790. The van der Waals surface area contributed by atoms with Crippen molar-refractivity contribution in [3.05, 3.63) is 35.4 Å². The average molecular weight is 205 g/mol. The topological polar surface area (TPSA) is 49.3 Å². The first kappa shape index (κ1) is 10.2. The van der Waals surface area contributed by atoms with Gasteiger partial charge < -0.3 is 10.4 Å². The lowest BCUT2D eigenvalue weighted by Crippen LogP contribution is -2.12. The Labute approximate surface area is 89.1 Å². The molecule has 3 heteroatoms. The van der Waals surface area contributed by atoms with E-state index in [1.54, 1.807) is 0 Å². The fourth-order valence-corrected chi connectivity index (χ4v) is 2.01. The number of carboxylic acid groups (broad SMARTS) is 1. The first-order valence-electron chi connectivity index (χ1n) is 5.30. The molecule has 0 aliphatic carbocycles. The second-order valence-corrected chi connectivity index (χ2v) is 3.96. The molecule has 0 bridgehead atoms. The monoisotopic (exact) mass is 205 g/mol. The summed E-state index contributed by atoms with van der Waals surface area (Å²) < 4.78 is 0. The smallest absolute Gasteiger partial charge is 0.307 e. The van der Waals surface area contributed by atoms with Crippen molar-refractivity contribution in [2.45, 2.75) is 25.3 Å². The molecule has 0 saturated carbocycles. The zero-order valence-corrected chi connectivity index (χ0v) is 8.57. The first-order chi connectivity index (χ1) is 7.25. The number of benzene rings is 1. The van der Waals surface area contributed by atoms with Crippen LogP contribution < -0.4 is 5.32 Å². The van der Waals surface area contributed by atoms with Gasteiger partial charge in [-0.15, -0.1) is 0 Å². The van der Waals surface area contributed by atoms with E-state index in [9.17, 15) is 4.79 Å². The van der Waals surface area contributed by atoms with Gasteiger partial charge >= 0.3 is 5.97 Å². The van der Waals surface area contributed by atoms with E-state index < -0.39 is 5.97 Å². The summed E-state index contributed by atoms with van der Waals surface area (Å²) in [6, 6.07) is 8.33. The predicted molar refractivity (Wildman–Crippen MR) is 57.8 cm³/mol. The van der Waals surface area contributed by atoms with Gasteiger partial charge in [-0.3, -0.25) is 4.79 Å². The zero-order chi connectivity index (χ0) is 10.7. The lowest BCUT2D eigenvalue weighted by Gasteiger charge is -2.10. The molecule has 1 aromatic carbocycles. The minimum Gasteiger partial charge on any atom is -0.481 e. The third-order valence-electron chi connectivity index (χ3n) is 2.80. The summed E-state index contributed by atoms with van der Waals surface area (Å²) >= 11 is 0. The molecule has 1 fully saturated rings. The van der Waals surface area contributed by atoms with Crippen LogP contribution in [-0.4, -0.2) is 17.6 Å². The number of aliphatic carboxylic acids is 1. The number of hydrogen-bond acceptors (Lipinski definition) is 2. The van der Waals surface area contributed by atoms with Crippen LogP contribution in [0.15, 0.2) is 24.3 Å². The van der Waals surface area contributed by atoms with Crippen molar-refractivity contribution in [1.82, 2.24) is 5.32 Å². The Morgan fingerprint density at radius 3 is 2.67 bits per heavy atom. The molecule has 1 heterocycles. The predicted octanol–water partition coefficient (Wildman–Crippen LogP) is 1.74. The van der Waals surface area contributed by atoms with E-state index in [4.69, 9.17) is 5.11 Å². The second-order valence-electron chi connectivity index (χ2n) is 3.96.